The molecule has 140 valence electrons. The molecule has 1 aromatic rings. The number of ether oxygens (including phenoxy) is 1. The van der Waals surface area contributed by atoms with Gasteiger partial charge in [0.25, 0.3) is 0 Å². The molecule has 1 aliphatic rings. The minimum atomic E-state index is -4.27. The van der Waals surface area contributed by atoms with E-state index in [2.05, 4.69) is 17.2 Å². The molecule has 0 spiro atoms. The Bertz CT molecular complexity index is 818. The summed E-state index contributed by atoms with van der Waals surface area (Å²) in [6.07, 6.45) is -1.50. The molecule has 9 nitrogen and oxygen atoms in total. The Morgan fingerprint density at radius 3 is 2.50 bits per heavy atom. The lowest BCUT2D eigenvalue weighted by Gasteiger charge is -2.37. The summed E-state index contributed by atoms with van der Waals surface area (Å²) in [5, 5.41) is 19.4. The van der Waals surface area contributed by atoms with Gasteiger partial charge in [-0.15, -0.1) is 5.92 Å². The Morgan fingerprint density at radius 1 is 1.31 bits per heavy atom. The predicted molar refractivity (Wildman–Crippen MR) is 90.5 cm³/mol. The van der Waals surface area contributed by atoms with Gasteiger partial charge in [-0.25, -0.2) is 13.2 Å². The summed E-state index contributed by atoms with van der Waals surface area (Å²) >= 11 is 0. The predicted octanol–water partition coefficient (Wildman–Crippen LogP) is 0.225. The number of sulfone groups is 1. The fraction of sp³-hybridized carbons (Fsp3) is 0.375. The first-order valence-corrected chi connectivity index (χ1v) is 9.15. The van der Waals surface area contributed by atoms with Crippen LogP contribution in [0.15, 0.2) is 29.2 Å². The third-order valence-corrected chi connectivity index (χ3v) is 5.87. The maximum Gasteiger partial charge on any atom is 0.408 e. The number of carboxylic acids is 1. The first-order valence-electron chi connectivity index (χ1n) is 7.61. The van der Waals surface area contributed by atoms with Crippen molar-refractivity contribution < 1.29 is 33.0 Å². The second kappa shape index (κ2) is 8.07. The average Bonchev–Trinajstić information content (AvgIpc) is 2.61. The SMILES string of the molecule is CC#CCOc1ccc(S(=O)(=O)C2C(C(=O)O)NCCN2C(=O)O)cc1. The summed E-state index contributed by atoms with van der Waals surface area (Å²) < 4.78 is 31.1. The van der Waals surface area contributed by atoms with Crippen molar-refractivity contribution in [2.45, 2.75) is 23.2 Å². The minimum absolute atomic E-state index is 0.0422. The smallest absolute Gasteiger partial charge is 0.408 e. The van der Waals surface area contributed by atoms with Crippen molar-refractivity contribution in [2.75, 3.05) is 19.7 Å². The molecule has 0 aliphatic carbocycles. The van der Waals surface area contributed by atoms with E-state index >= 15 is 0 Å². The summed E-state index contributed by atoms with van der Waals surface area (Å²) in [5.41, 5.74) is 0. The minimum Gasteiger partial charge on any atom is -0.481 e. The Balaban J connectivity index is 2.36. The van der Waals surface area contributed by atoms with Crippen LogP contribution in [0.4, 0.5) is 4.79 Å². The van der Waals surface area contributed by atoms with Gasteiger partial charge in [-0.3, -0.25) is 15.0 Å². The van der Waals surface area contributed by atoms with E-state index in [4.69, 9.17) is 4.74 Å². The van der Waals surface area contributed by atoms with Crippen molar-refractivity contribution in [3.63, 3.8) is 0 Å². The largest absolute Gasteiger partial charge is 0.481 e. The van der Waals surface area contributed by atoms with Crippen molar-refractivity contribution >= 4 is 21.9 Å². The highest BCUT2D eigenvalue weighted by Crippen LogP contribution is 2.25. The molecule has 0 bridgehead atoms. The first kappa shape index (κ1) is 19.6. The van der Waals surface area contributed by atoms with Gasteiger partial charge < -0.3 is 14.9 Å². The van der Waals surface area contributed by atoms with E-state index in [0.29, 0.717) is 10.6 Å². The number of amides is 1. The molecule has 1 aromatic carbocycles. The number of piperazine rings is 1. The molecule has 1 amide bonds. The zero-order valence-electron chi connectivity index (χ0n) is 13.9. The zero-order chi connectivity index (χ0) is 19.3. The second-order valence-electron chi connectivity index (χ2n) is 5.37. The summed E-state index contributed by atoms with van der Waals surface area (Å²) in [6, 6.07) is 3.73. The summed E-state index contributed by atoms with van der Waals surface area (Å²) in [6.45, 7) is 1.70. The molecule has 1 heterocycles. The first-order chi connectivity index (χ1) is 12.3. The van der Waals surface area contributed by atoms with Gasteiger partial charge in [-0.05, 0) is 31.2 Å². The quantitative estimate of drug-likeness (QED) is 0.616. The Kier molecular flexibility index (Phi) is 6.07. The van der Waals surface area contributed by atoms with Crippen LogP contribution in [0, 0.1) is 11.8 Å². The highest BCUT2D eigenvalue weighted by atomic mass is 32.2. The monoisotopic (exact) mass is 382 g/mol. The van der Waals surface area contributed by atoms with Crippen LogP contribution in [0.25, 0.3) is 0 Å². The molecule has 0 saturated carbocycles. The molecule has 2 unspecified atom stereocenters. The topological polar surface area (TPSA) is 133 Å². The van der Waals surface area contributed by atoms with Crippen LogP contribution in [0.5, 0.6) is 5.75 Å². The average molecular weight is 382 g/mol. The van der Waals surface area contributed by atoms with Crippen LogP contribution in [-0.2, 0) is 14.6 Å². The highest BCUT2D eigenvalue weighted by molar-refractivity contribution is 7.92. The van der Waals surface area contributed by atoms with Gasteiger partial charge in [0.05, 0.1) is 4.90 Å². The van der Waals surface area contributed by atoms with Gasteiger partial charge in [0.15, 0.2) is 5.37 Å². The molecule has 2 rings (SSSR count). The summed E-state index contributed by atoms with van der Waals surface area (Å²) in [7, 11) is -4.27. The fourth-order valence-corrected chi connectivity index (χ4v) is 4.46. The van der Waals surface area contributed by atoms with Crippen LogP contribution in [0.2, 0.25) is 0 Å². The number of carboxylic acid groups (broad SMARTS) is 2. The standard InChI is InChI=1S/C16H18N2O7S/c1-2-3-10-25-11-4-6-12(7-5-11)26(23,24)14-13(15(19)20)17-8-9-18(14)16(21)22/h4-7,13-14,17H,8-10H2,1H3,(H,19,20)(H,21,22). The van der Waals surface area contributed by atoms with E-state index in [1.54, 1.807) is 6.92 Å². The molecule has 10 heteroatoms. The lowest BCUT2D eigenvalue weighted by molar-refractivity contribution is -0.141. The number of rotatable bonds is 5. The maximum atomic E-state index is 12.9. The van der Waals surface area contributed by atoms with Crippen LogP contribution >= 0.6 is 0 Å². The molecule has 0 aromatic heterocycles. The third kappa shape index (κ3) is 4.07. The normalized spacial score (nSPS) is 20.0. The maximum absolute atomic E-state index is 12.9. The summed E-state index contributed by atoms with van der Waals surface area (Å²) in [4.78, 5) is 23.3. The van der Waals surface area contributed by atoms with Gasteiger partial charge in [-0.1, -0.05) is 5.92 Å². The number of nitrogens with zero attached hydrogens (tertiary/aromatic N) is 1. The van der Waals surface area contributed by atoms with Crippen molar-refractivity contribution in [1.82, 2.24) is 10.2 Å². The number of aliphatic carboxylic acids is 1. The van der Waals surface area contributed by atoms with Crippen molar-refractivity contribution in [1.29, 1.82) is 0 Å². The van der Waals surface area contributed by atoms with Crippen LogP contribution < -0.4 is 10.1 Å². The van der Waals surface area contributed by atoms with E-state index < -0.39 is 33.3 Å². The number of hydrogen-bond donors (Lipinski definition) is 3. The van der Waals surface area contributed by atoms with Gasteiger partial charge in [0, 0.05) is 13.1 Å². The van der Waals surface area contributed by atoms with Crippen molar-refractivity contribution in [3.05, 3.63) is 24.3 Å². The molecular weight excluding hydrogens is 364 g/mol. The van der Waals surface area contributed by atoms with Crippen molar-refractivity contribution in [2.24, 2.45) is 0 Å². The molecule has 1 fully saturated rings. The van der Waals surface area contributed by atoms with Gasteiger partial charge in [-0.2, -0.15) is 0 Å². The molecule has 1 aliphatic heterocycles. The van der Waals surface area contributed by atoms with Gasteiger partial charge >= 0.3 is 12.1 Å². The Morgan fingerprint density at radius 2 is 1.96 bits per heavy atom. The Hall–Kier alpha value is -2.77. The third-order valence-electron chi connectivity index (χ3n) is 3.78. The molecule has 3 N–H and O–H groups in total. The fourth-order valence-electron chi connectivity index (χ4n) is 2.57. The molecule has 26 heavy (non-hydrogen) atoms. The Labute approximate surface area is 150 Å². The molecule has 2 atom stereocenters. The lowest BCUT2D eigenvalue weighted by atomic mass is 10.2. The van der Waals surface area contributed by atoms with E-state index in [1.165, 1.54) is 24.3 Å². The second-order valence-corrected chi connectivity index (χ2v) is 7.41. The van der Waals surface area contributed by atoms with E-state index in [9.17, 15) is 28.2 Å². The molecular formula is C16H18N2O7S. The highest BCUT2D eigenvalue weighted by Gasteiger charge is 2.47. The van der Waals surface area contributed by atoms with E-state index in [0.717, 1.165) is 0 Å². The molecule has 1 saturated heterocycles. The number of hydrogen-bond acceptors (Lipinski definition) is 6. The number of benzene rings is 1. The van der Waals surface area contributed by atoms with Crippen molar-refractivity contribution in [3.8, 4) is 17.6 Å². The van der Waals surface area contributed by atoms with Gasteiger partial charge in [0.2, 0.25) is 9.84 Å². The molecule has 0 radical (unpaired) electrons. The van der Waals surface area contributed by atoms with Crippen LogP contribution in [0.1, 0.15) is 6.92 Å². The van der Waals surface area contributed by atoms with E-state index in [1.807, 2.05) is 0 Å². The number of carbonyl (C=O) groups is 2. The number of nitrogens with one attached hydrogen (secondary N) is 1. The summed E-state index contributed by atoms with van der Waals surface area (Å²) in [5.74, 6) is 4.29. The van der Waals surface area contributed by atoms with Crippen LogP contribution in [-0.4, -0.2) is 66.7 Å². The lowest BCUT2D eigenvalue weighted by Crippen LogP contribution is -2.64. The zero-order valence-corrected chi connectivity index (χ0v) is 14.7. The van der Waals surface area contributed by atoms with Crippen LogP contribution in [0.3, 0.4) is 0 Å². The van der Waals surface area contributed by atoms with Gasteiger partial charge in [0.1, 0.15) is 18.4 Å². The van der Waals surface area contributed by atoms with E-state index in [-0.39, 0.29) is 24.6 Å².